The number of carbonyl (C=O) groups is 1. The molecule has 0 fully saturated rings. The number of rotatable bonds is 10. The van der Waals surface area contributed by atoms with Gasteiger partial charge < -0.3 is 9.64 Å². The van der Waals surface area contributed by atoms with Gasteiger partial charge in [-0.3, -0.25) is 8.98 Å². The summed E-state index contributed by atoms with van der Waals surface area (Å²) in [6, 6.07) is 13.4. The number of nitrogens with zero attached hydrogens (tertiary/aromatic N) is 1. The molecule has 0 aliphatic rings. The average molecular weight is 409 g/mol. The molecule has 0 bridgehead atoms. The van der Waals surface area contributed by atoms with Crippen LogP contribution in [0.3, 0.4) is 0 Å². The Morgan fingerprint density at radius 3 is 2.32 bits per heavy atom. The van der Waals surface area contributed by atoms with Gasteiger partial charge in [0.05, 0.1) is 18.4 Å². The molecule has 0 amide bonds. The molecule has 0 N–H and O–H groups in total. The highest BCUT2D eigenvalue weighted by molar-refractivity contribution is 7.86. The van der Waals surface area contributed by atoms with E-state index < -0.39 is 22.0 Å². The first-order chi connectivity index (χ1) is 13.3. The van der Waals surface area contributed by atoms with Gasteiger partial charge in [0.2, 0.25) is 0 Å². The Morgan fingerprint density at radius 1 is 1.07 bits per heavy atom. The Kier molecular flexibility index (Phi) is 8.10. The predicted molar refractivity (Wildman–Crippen MR) is 103 cm³/mol. The fraction of sp³-hybridized carbons (Fsp3) is 0.350. The van der Waals surface area contributed by atoms with Crippen LogP contribution in [0.1, 0.15) is 24.5 Å². The Labute approximate surface area is 165 Å². The molecule has 8 heteroatoms. The molecule has 152 valence electrons. The minimum atomic E-state index is -3.98. The standard InChI is InChI=1S/C20H24FNO5S/c1-22(15-13-20(23)26-2)14-12-19(16-8-10-17(21)11-9-16)27-28(24,25)18-6-4-3-5-7-18/h3-11,19H,12-15H2,1-2H3/t19-/m0/s1. The largest absolute Gasteiger partial charge is 0.469 e. The Morgan fingerprint density at radius 2 is 1.71 bits per heavy atom. The highest BCUT2D eigenvalue weighted by Crippen LogP contribution is 2.27. The average Bonchev–Trinajstić information content (AvgIpc) is 2.70. The number of benzene rings is 2. The first-order valence-electron chi connectivity index (χ1n) is 8.81. The van der Waals surface area contributed by atoms with Crippen LogP contribution in [-0.4, -0.2) is 46.5 Å². The van der Waals surface area contributed by atoms with Gasteiger partial charge in [-0.2, -0.15) is 8.42 Å². The Hall–Kier alpha value is -2.29. The lowest BCUT2D eigenvalue weighted by Gasteiger charge is -2.22. The van der Waals surface area contributed by atoms with Crippen LogP contribution in [0, 0.1) is 5.82 Å². The van der Waals surface area contributed by atoms with Crippen molar-refractivity contribution in [1.82, 2.24) is 4.90 Å². The second-order valence-electron chi connectivity index (χ2n) is 6.32. The highest BCUT2D eigenvalue weighted by atomic mass is 32.2. The second-order valence-corrected chi connectivity index (χ2v) is 7.89. The number of halogens is 1. The molecule has 0 aliphatic carbocycles. The number of carbonyl (C=O) groups excluding carboxylic acids is 1. The third-order valence-corrected chi connectivity index (χ3v) is 5.55. The number of methoxy groups -OCH3 is 1. The molecule has 0 saturated heterocycles. The van der Waals surface area contributed by atoms with E-state index in [0.717, 1.165) is 0 Å². The molecule has 6 nitrogen and oxygen atoms in total. The zero-order valence-corrected chi connectivity index (χ0v) is 16.7. The van der Waals surface area contributed by atoms with E-state index >= 15 is 0 Å². The molecule has 1 atom stereocenters. The van der Waals surface area contributed by atoms with Gasteiger partial charge in [0.15, 0.2) is 0 Å². The molecule has 0 saturated carbocycles. The molecule has 0 heterocycles. The van der Waals surface area contributed by atoms with Crippen molar-refractivity contribution in [3.8, 4) is 0 Å². The quantitative estimate of drug-likeness (QED) is 0.443. The topological polar surface area (TPSA) is 72.9 Å². The third kappa shape index (κ3) is 6.70. The van der Waals surface area contributed by atoms with Crippen LogP contribution < -0.4 is 0 Å². The maximum absolute atomic E-state index is 13.3. The molecule has 0 aliphatic heterocycles. The van der Waals surface area contributed by atoms with Crippen LogP contribution in [0.5, 0.6) is 0 Å². The van der Waals surface area contributed by atoms with Crippen molar-refractivity contribution in [3.05, 3.63) is 66.0 Å². The van der Waals surface area contributed by atoms with Gasteiger partial charge >= 0.3 is 5.97 Å². The van der Waals surface area contributed by atoms with Crippen LogP contribution in [0.4, 0.5) is 4.39 Å². The van der Waals surface area contributed by atoms with Crippen LogP contribution >= 0.6 is 0 Å². The maximum atomic E-state index is 13.3. The summed E-state index contributed by atoms with van der Waals surface area (Å²) in [5.74, 6) is -0.728. The zero-order chi connectivity index (χ0) is 20.6. The van der Waals surface area contributed by atoms with E-state index in [4.69, 9.17) is 4.18 Å². The monoisotopic (exact) mass is 409 g/mol. The summed E-state index contributed by atoms with van der Waals surface area (Å²) in [5.41, 5.74) is 0.558. The van der Waals surface area contributed by atoms with Crippen LogP contribution in [-0.2, 0) is 23.8 Å². The van der Waals surface area contributed by atoms with E-state index in [1.165, 1.54) is 43.5 Å². The maximum Gasteiger partial charge on any atom is 0.306 e. The van der Waals surface area contributed by atoms with E-state index in [2.05, 4.69) is 4.74 Å². The van der Waals surface area contributed by atoms with Crippen molar-refractivity contribution in [2.45, 2.75) is 23.8 Å². The van der Waals surface area contributed by atoms with Gasteiger partial charge in [-0.05, 0) is 43.3 Å². The van der Waals surface area contributed by atoms with Crippen LogP contribution in [0.25, 0.3) is 0 Å². The first kappa shape index (κ1) is 22.0. The first-order valence-corrected chi connectivity index (χ1v) is 10.2. The lowest BCUT2D eigenvalue weighted by atomic mass is 10.1. The van der Waals surface area contributed by atoms with Gasteiger partial charge in [0, 0.05) is 13.1 Å². The SMILES string of the molecule is COC(=O)CCN(C)CC[C@H](OS(=O)(=O)c1ccccc1)c1ccc(F)cc1. The third-order valence-electron chi connectivity index (χ3n) is 4.21. The van der Waals surface area contributed by atoms with Crippen molar-refractivity contribution in [1.29, 1.82) is 0 Å². The molecule has 0 unspecified atom stereocenters. The number of esters is 1. The summed E-state index contributed by atoms with van der Waals surface area (Å²) < 4.78 is 48.6. The minimum Gasteiger partial charge on any atom is -0.469 e. The summed E-state index contributed by atoms with van der Waals surface area (Å²) in [6.45, 7) is 0.942. The molecule has 2 rings (SSSR count). The Bertz CT molecular complexity index is 856. The highest BCUT2D eigenvalue weighted by Gasteiger charge is 2.23. The minimum absolute atomic E-state index is 0.0566. The van der Waals surface area contributed by atoms with E-state index in [1.807, 2.05) is 11.9 Å². The lowest BCUT2D eigenvalue weighted by molar-refractivity contribution is -0.140. The molecular formula is C20H24FNO5S. The summed E-state index contributed by atoms with van der Waals surface area (Å²) in [5, 5.41) is 0. The van der Waals surface area contributed by atoms with Gasteiger partial charge in [-0.1, -0.05) is 30.3 Å². The lowest BCUT2D eigenvalue weighted by Crippen LogP contribution is -2.25. The van der Waals surface area contributed by atoms with Crippen molar-refractivity contribution < 1.29 is 26.5 Å². The number of ether oxygens (including phenoxy) is 1. The number of hydrogen-bond donors (Lipinski definition) is 0. The zero-order valence-electron chi connectivity index (χ0n) is 15.9. The van der Waals surface area contributed by atoms with Crippen LogP contribution in [0.15, 0.2) is 59.5 Å². The van der Waals surface area contributed by atoms with E-state index in [0.29, 0.717) is 25.1 Å². The molecule has 2 aromatic rings. The van der Waals surface area contributed by atoms with Gasteiger partial charge in [0.25, 0.3) is 10.1 Å². The van der Waals surface area contributed by atoms with Gasteiger partial charge in [0.1, 0.15) is 11.9 Å². The predicted octanol–water partition coefficient (Wildman–Crippen LogP) is 3.16. The summed E-state index contributed by atoms with van der Waals surface area (Å²) >= 11 is 0. The second kappa shape index (κ2) is 10.3. The Balaban J connectivity index is 2.11. The van der Waals surface area contributed by atoms with Crippen molar-refractivity contribution in [2.75, 3.05) is 27.2 Å². The fourth-order valence-corrected chi connectivity index (χ4v) is 3.69. The van der Waals surface area contributed by atoms with E-state index in [9.17, 15) is 17.6 Å². The van der Waals surface area contributed by atoms with Crippen LogP contribution in [0.2, 0.25) is 0 Å². The molecule has 2 aromatic carbocycles. The smallest absolute Gasteiger partial charge is 0.306 e. The molecular weight excluding hydrogens is 385 g/mol. The summed E-state index contributed by atoms with van der Waals surface area (Å²) in [7, 11) is -0.837. The van der Waals surface area contributed by atoms with Crippen molar-refractivity contribution >= 4 is 16.1 Å². The van der Waals surface area contributed by atoms with E-state index in [1.54, 1.807) is 18.2 Å². The normalized spacial score (nSPS) is 12.7. The summed E-state index contributed by atoms with van der Waals surface area (Å²) in [6.07, 6.45) is -0.210. The van der Waals surface area contributed by atoms with Crippen molar-refractivity contribution in [2.24, 2.45) is 0 Å². The van der Waals surface area contributed by atoms with Gasteiger partial charge in [-0.25, -0.2) is 4.39 Å². The van der Waals surface area contributed by atoms with E-state index in [-0.39, 0.29) is 17.3 Å². The molecule has 0 aromatic heterocycles. The number of hydrogen-bond acceptors (Lipinski definition) is 6. The molecule has 28 heavy (non-hydrogen) atoms. The molecule has 0 spiro atoms. The van der Waals surface area contributed by atoms with Gasteiger partial charge in [-0.15, -0.1) is 0 Å². The molecule has 0 radical (unpaired) electrons. The summed E-state index contributed by atoms with van der Waals surface area (Å²) in [4.78, 5) is 13.2. The van der Waals surface area contributed by atoms with Crippen molar-refractivity contribution in [3.63, 3.8) is 0 Å². The fourth-order valence-electron chi connectivity index (χ4n) is 2.58.